The lowest BCUT2D eigenvalue weighted by Gasteiger charge is -2.08. The first-order valence-electron chi connectivity index (χ1n) is 6.39. The molecule has 1 aromatic heterocycles. The van der Waals surface area contributed by atoms with Gasteiger partial charge in [0.25, 0.3) is 0 Å². The second kappa shape index (κ2) is 5.17. The second-order valence-corrected chi connectivity index (χ2v) is 5.28. The van der Waals surface area contributed by atoms with E-state index in [2.05, 4.69) is 10.3 Å². The van der Waals surface area contributed by atoms with E-state index < -0.39 is 0 Å². The van der Waals surface area contributed by atoms with Gasteiger partial charge in [-0.25, -0.2) is 4.39 Å². The zero-order valence-corrected chi connectivity index (χ0v) is 11.8. The Balaban J connectivity index is 1.85. The minimum Gasteiger partial charge on any atom is -0.379 e. The summed E-state index contributed by atoms with van der Waals surface area (Å²) in [5, 5.41) is 4.93. The summed E-state index contributed by atoms with van der Waals surface area (Å²) in [4.78, 5) is 3.17. The molecule has 0 saturated carbocycles. The van der Waals surface area contributed by atoms with E-state index in [-0.39, 0.29) is 5.82 Å². The van der Waals surface area contributed by atoms with Crippen LogP contribution in [0.2, 0.25) is 5.02 Å². The fraction of sp³-hybridized carbons (Fsp3) is 0.125. The van der Waals surface area contributed by atoms with Gasteiger partial charge in [-0.05, 0) is 42.3 Å². The van der Waals surface area contributed by atoms with Crippen LogP contribution in [0.5, 0.6) is 0 Å². The number of fused-ring (bicyclic) bond motifs is 1. The maximum Gasteiger partial charge on any atom is 0.146 e. The van der Waals surface area contributed by atoms with Crippen molar-refractivity contribution < 1.29 is 4.39 Å². The highest BCUT2D eigenvalue weighted by molar-refractivity contribution is 6.31. The van der Waals surface area contributed by atoms with Crippen molar-refractivity contribution >= 4 is 28.2 Å². The van der Waals surface area contributed by atoms with Crippen LogP contribution in [0.3, 0.4) is 0 Å². The van der Waals surface area contributed by atoms with E-state index in [1.165, 1.54) is 6.07 Å². The minimum absolute atomic E-state index is 0.238. The van der Waals surface area contributed by atoms with Gasteiger partial charge in [0.1, 0.15) is 5.82 Å². The number of benzene rings is 2. The normalized spacial score (nSPS) is 10.9. The first-order chi connectivity index (χ1) is 9.63. The van der Waals surface area contributed by atoms with Gasteiger partial charge in [-0.3, -0.25) is 0 Å². The number of nitrogens with one attached hydrogen (secondary N) is 2. The van der Waals surface area contributed by atoms with Crippen LogP contribution < -0.4 is 5.32 Å². The van der Waals surface area contributed by atoms with Gasteiger partial charge in [0, 0.05) is 28.7 Å². The Kier molecular flexibility index (Phi) is 3.36. The lowest BCUT2D eigenvalue weighted by atomic mass is 10.1. The van der Waals surface area contributed by atoms with Crippen LogP contribution in [-0.4, -0.2) is 4.98 Å². The summed E-state index contributed by atoms with van der Waals surface area (Å²) >= 11 is 5.95. The lowest BCUT2D eigenvalue weighted by molar-refractivity contribution is 0.629. The molecule has 0 atom stereocenters. The summed E-state index contributed by atoms with van der Waals surface area (Å²) in [5.41, 5.74) is 3.62. The zero-order chi connectivity index (χ0) is 14.1. The Bertz CT molecular complexity index is 764. The van der Waals surface area contributed by atoms with Gasteiger partial charge < -0.3 is 10.3 Å². The number of aromatic amines is 1. The smallest absolute Gasteiger partial charge is 0.146 e. The van der Waals surface area contributed by atoms with Crippen molar-refractivity contribution in [2.75, 3.05) is 5.32 Å². The molecule has 102 valence electrons. The SMILES string of the molecule is Cc1ccc(F)c(NCc2c[nH]c3cc(Cl)ccc23)c1. The maximum absolute atomic E-state index is 13.7. The van der Waals surface area contributed by atoms with Gasteiger partial charge in [-0.2, -0.15) is 0 Å². The molecule has 2 aromatic carbocycles. The number of rotatable bonds is 3. The standard InChI is InChI=1S/C16H14ClFN2/c1-10-2-5-14(18)16(6-10)20-9-11-8-19-15-7-12(17)3-4-13(11)15/h2-8,19-20H,9H2,1H3. The highest BCUT2D eigenvalue weighted by atomic mass is 35.5. The van der Waals surface area contributed by atoms with E-state index in [0.29, 0.717) is 17.3 Å². The molecule has 20 heavy (non-hydrogen) atoms. The first kappa shape index (κ1) is 13.0. The molecule has 0 fully saturated rings. The quantitative estimate of drug-likeness (QED) is 0.706. The van der Waals surface area contributed by atoms with Gasteiger partial charge in [-0.15, -0.1) is 0 Å². The molecule has 0 spiro atoms. The summed E-state index contributed by atoms with van der Waals surface area (Å²) in [6.45, 7) is 2.50. The summed E-state index contributed by atoms with van der Waals surface area (Å²) in [6, 6.07) is 10.8. The van der Waals surface area contributed by atoms with Crippen LogP contribution >= 0.6 is 11.6 Å². The van der Waals surface area contributed by atoms with Gasteiger partial charge in [-0.1, -0.05) is 23.7 Å². The Morgan fingerprint density at radius 3 is 2.90 bits per heavy atom. The molecule has 4 heteroatoms. The van der Waals surface area contributed by atoms with Crippen molar-refractivity contribution in [3.63, 3.8) is 0 Å². The molecule has 0 aliphatic carbocycles. The minimum atomic E-state index is -0.238. The predicted octanol–water partition coefficient (Wildman–Crippen LogP) is 4.88. The Morgan fingerprint density at radius 2 is 2.05 bits per heavy atom. The second-order valence-electron chi connectivity index (χ2n) is 4.84. The summed E-state index contributed by atoms with van der Waals surface area (Å²) in [5.74, 6) is -0.238. The van der Waals surface area contributed by atoms with Gasteiger partial charge >= 0.3 is 0 Å². The number of hydrogen-bond acceptors (Lipinski definition) is 1. The average Bonchev–Trinajstić information content (AvgIpc) is 2.82. The molecule has 0 aliphatic heterocycles. The van der Waals surface area contributed by atoms with Crippen LogP contribution in [0.4, 0.5) is 10.1 Å². The number of aromatic nitrogens is 1. The zero-order valence-electron chi connectivity index (χ0n) is 11.0. The molecule has 0 amide bonds. The molecule has 0 bridgehead atoms. The van der Waals surface area contributed by atoms with Crippen molar-refractivity contribution in [2.24, 2.45) is 0 Å². The Hall–Kier alpha value is -2.00. The average molecular weight is 289 g/mol. The molecule has 0 radical (unpaired) electrons. The van der Waals surface area contributed by atoms with Gasteiger partial charge in [0.05, 0.1) is 5.69 Å². The van der Waals surface area contributed by atoms with E-state index in [1.807, 2.05) is 31.3 Å². The Morgan fingerprint density at radius 1 is 1.20 bits per heavy atom. The van der Waals surface area contributed by atoms with Crippen molar-refractivity contribution in [3.05, 3.63) is 64.6 Å². The number of H-pyrrole nitrogens is 1. The lowest BCUT2D eigenvalue weighted by Crippen LogP contribution is -2.01. The predicted molar refractivity (Wildman–Crippen MR) is 81.8 cm³/mol. The highest BCUT2D eigenvalue weighted by Gasteiger charge is 2.06. The monoisotopic (exact) mass is 288 g/mol. The summed E-state index contributed by atoms with van der Waals surface area (Å²) < 4.78 is 13.7. The Labute approximate surface area is 121 Å². The van der Waals surface area contributed by atoms with Crippen molar-refractivity contribution in [3.8, 4) is 0 Å². The van der Waals surface area contributed by atoms with Crippen LogP contribution in [0.1, 0.15) is 11.1 Å². The molecular formula is C16H14ClFN2. The first-order valence-corrected chi connectivity index (χ1v) is 6.77. The van der Waals surface area contributed by atoms with Crippen LogP contribution in [0, 0.1) is 12.7 Å². The van der Waals surface area contributed by atoms with Gasteiger partial charge in [0.2, 0.25) is 0 Å². The third-order valence-corrected chi connectivity index (χ3v) is 3.56. The molecule has 0 saturated heterocycles. The number of halogens is 2. The third-order valence-electron chi connectivity index (χ3n) is 3.32. The number of anilines is 1. The third kappa shape index (κ3) is 2.49. The van der Waals surface area contributed by atoms with Crippen LogP contribution in [0.15, 0.2) is 42.6 Å². The fourth-order valence-corrected chi connectivity index (χ4v) is 2.44. The number of aryl methyl sites for hydroxylation is 1. The molecule has 3 aromatic rings. The molecule has 1 heterocycles. The molecule has 3 rings (SSSR count). The van der Waals surface area contributed by atoms with Crippen molar-refractivity contribution in [2.45, 2.75) is 13.5 Å². The van der Waals surface area contributed by atoms with E-state index >= 15 is 0 Å². The van der Waals surface area contributed by atoms with Crippen LogP contribution in [-0.2, 0) is 6.54 Å². The summed E-state index contributed by atoms with van der Waals surface area (Å²) in [7, 11) is 0. The highest BCUT2D eigenvalue weighted by Crippen LogP contribution is 2.23. The molecule has 2 N–H and O–H groups in total. The largest absolute Gasteiger partial charge is 0.379 e. The molecule has 2 nitrogen and oxygen atoms in total. The molecular weight excluding hydrogens is 275 g/mol. The van der Waals surface area contributed by atoms with E-state index in [1.54, 1.807) is 12.1 Å². The molecule has 0 aliphatic rings. The topological polar surface area (TPSA) is 27.8 Å². The molecule has 0 unspecified atom stereocenters. The maximum atomic E-state index is 13.7. The van der Waals surface area contributed by atoms with Crippen LogP contribution in [0.25, 0.3) is 10.9 Å². The van der Waals surface area contributed by atoms with Gasteiger partial charge in [0.15, 0.2) is 0 Å². The van der Waals surface area contributed by atoms with E-state index in [9.17, 15) is 4.39 Å². The number of hydrogen-bond donors (Lipinski definition) is 2. The fourth-order valence-electron chi connectivity index (χ4n) is 2.27. The summed E-state index contributed by atoms with van der Waals surface area (Å²) in [6.07, 6.45) is 1.92. The van der Waals surface area contributed by atoms with E-state index in [4.69, 9.17) is 11.6 Å². The van der Waals surface area contributed by atoms with Crippen molar-refractivity contribution in [1.82, 2.24) is 4.98 Å². The van der Waals surface area contributed by atoms with E-state index in [0.717, 1.165) is 22.0 Å². The van der Waals surface area contributed by atoms with Crippen molar-refractivity contribution in [1.29, 1.82) is 0 Å².